The third kappa shape index (κ3) is 1.42. The van der Waals surface area contributed by atoms with E-state index in [0.717, 1.165) is 25.0 Å². The van der Waals surface area contributed by atoms with Gasteiger partial charge in [-0.25, -0.2) is 4.99 Å². The van der Waals surface area contributed by atoms with E-state index in [1.807, 2.05) is 7.05 Å². The van der Waals surface area contributed by atoms with Gasteiger partial charge in [-0.05, 0) is 13.3 Å². The molecule has 1 unspecified atom stereocenters. The molecule has 1 N–H and O–H groups in total. The van der Waals surface area contributed by atoms with E-state index in [4.69, 9.17) is 0 Å². The lowest BCUT2D eigenvalue weighted by atomic mass is 10.2. The molecule has 0 aromatic carbocycles. The highest BCUT2D eigenvalue weighted by atomic mass is 15.5. The van der Waals surface area contributed by atoms with Gasteiger partial charge in [0.05, 0.1) is 0 Å². The summed E-state index contributed by atoms with van der Waals surface area (Å²) < 4.78 is 0. The Morgan fingerprint density at radius 2 is 2.21 bits per heavy atom. The molecular weight excluding hydrogens is 178 g/mol. The summed E-state index contributed by atoms with van der Waals surface area (Å²) in [5.41, 5.74) is 0. The van der Waals surface area contributed by atoms with Gasteiger partial charge in [-0.3, -0.25) is 0 Å². The first kappa shape index (κ1) is 9.30. The van der Waals surface area contributed by atoms with Crippen molar-refractivity contribution in [1.29, 1.82) is 0 Å². The number of aliphatic imine (C=N–C) groups is 2. The van der Waals surface area contributed by atoms with Gasteiger partial charge in [0.25, 0.3) is 0 Å². The van der Waals surface area contributed by atoms with Gasteiger partial charge in [0, 0.05) is 27.2 Å². The third-order valence-electron chi connectivity index (χ3n) is 2.68. The zero-order chi connectivity index (χ0) is 10.1. The van der Waals surface area contributed by atoms with Crippen LogP contribution in [0.2, 0.25) is 0 Å². The van der Waals surface area contributed by atoms with Crippen LogP contribution in [0.5, 0.6) is 0 Å². The number of fused-ring (bicyclic) bond motifs is 1. The molecule has 1 saturated heterocycles. The van der Waals surface area contributed by atoms with Crippen LogP contribution in [-0.4, -0.2) is 55.1 Å². The van der Waals surface area contributed by atoms with E-state index in [1.165, 1.54) is 6.42 Å². The van der Waals surface area contributed by atoms with Gasteiger partial charge >= 0.3 is 0 Å². The van der Waals surface area contributed by atoms with Gasteiger partial charge in [0.1, 0.15) is 6.17 Å². The summed E-state index contributed by atoms with van der Waals surface area (Å²) in [5, 5.41) is 3.00. The standard InChI is InChI=1S/C9H17N5/c1-7-11-8(10-2)12-9-13(3)5-4-6-14(7)9/h7H,4-6H2,1-3H3,(H,10,11). The summed E-state index contributed by atoms with van der Waals surface area (Å²) in [5.74, 6) is 1.78. The molecule has 0 saturated carbocycles. The molecule has 2 aliphatic rings. The van der Waals surface area contributed by atoms with Gasteiger partial charge in [0.2, 0.25) is 11.9 Å². The first-order valence-electron chi connectivity index (χ1n) is 5.04. The normalized spacial score (nSPS) is 26.6. The van der Waals surface area contributed by atoms with Crippen molar-refractivity contribution < 1.29 is 0 Å². The average Bonchev–Trinajstić information content (AvgIpc) is 2.19. The Kier molecular flexibility index (Phi) is 2.31. The predicted octanol–water partition coefficient (Wildman–Crippen LogP) is -0.0851. The molecule has 2 heterocycles. The minimum Gasteiger partial charge on any atom is -0.357 e. The fourth-order valence-electron chi connectivity index (χ4n) is 1.89. The summed E-state index contributed by atoms with van der Waals surface area (Å²) >= 11 is 0. The van der Waals surface area contributed by atoms with Gasteiger partial charge in [-0.2, -0.15) is 4.99 Å². The summed E-state index contributed by atoms with van der Waals surface area (Å²) in [7, 11) is 3.93. The van der Waals surface area contributed by atoms with Crippen LogP contribution in [0.3, 0.4) is 0 Å². The van der Waals surface area contributed by atoms with Crippen molar-refractivity contribution >= 4 is 11.9 Å². The zero-order valence-electron chi connectivity index (χ0n) is 8.99. The van der Waals surface area contributed by atoms with E-state index in [9.17, 15) is 0 Å². The molecule has 0 aliphatic carbocycles. The van der Waals surface area contributed by atoms with Crippen molar-refractivity contribution in [1.82, 2.24) is 15.1 Å². The summed E-state index contributed by atoms with van der Waals surface area (Å²) in [6, 6.07) is 0. The minimum absolute atomic E-state index is 0.202. The second-order valence-electron chi connectivity index (χ2n) is 3.71. The Bertz CT molecular complexity index is 283. The predicted molar refractivity (Wildman–Crippen MR) is 57.3 cm³/mol. The van der Waals surface area contributed by atoms with E-state index in [-0.39, 0.29) is 6.17 Å². The highest BCUT2D eigenvalue weighted by Crippen LogP contribution is 2.15. The molecule has 5 nitrogen and oxygen atoms in total. The lowest BCUT2D eigenvalue weighted by Crippen LogP contribution is -2.54. The molecule has 2 rings (SSSR count). The SMILES string of the molecule is CNC1=NC(C)N2CCCN(C)C2=N1. The number of hydrogen-bond acceptors (Lipinski definition) is 5. The van der Waals surface area contributed by atoms with Crippen molar-refractivity contribution in [3.8, 4) is 0 Å². The maximum absolute atomic E-state index is 4.46. The van der Waals surface area contributed by atoms with Crippen molar-refractivity contribution in [3.05, 3.63) is 0 Å². The van der Waals surface area contributed by atoms with Gasteiger partial charge < -0.3 is 15.1 Å². The van der Waals surface area contributed by atoms with Gasteiger partial charge in [0.15, 0.2) is 0 Å². The Morgan fingerprint density at radius 3 is 2.93 bits per heavy atom. The lowest BCUT2D eigenvalue weighted by Gasteiger charge is -2.41. The Morgan fingerprint density at radius 1 is 1.43 bits per heavy atom. The van der Waals surface area contributed by atoms with E-state index in [2.05, 4.69) is 39.1 Å². The maximum Gasteiger partial charge on any atom is 0.223 e. The number of nitrogens with one attached hydrogen (secondary N) is 1. The largest absolute Gasteiger partial charge is 0.357 e. The Labute approximate surface area is 84.5 Å². The molecular formula is C9H17N5. The van der Waals surface area contributed by atoms with Crippen molar-refractivity contribution in [2.75, 3.05) is 27.2 Å². The molecule has 1 atom stereocenters. The molecule has 1 fully saturated rings. The van der Waals surface area contributed by atoms with Crippen LogP contribution in [0.25, 0.3) is 0 Å². The second kappa shape index (κ2) is 3.48. The maximum atomic E-state index is 4.46. The number of rotatable bonds is 0. The summed E-state index contributed by atoms with van der Waals surface area (Å²) in [6.07, 6.45) is 1.39. The topological polar surface area (TPSA) is 43.2 Å². The number of nitrogens with zero attached hydrogens (tertiary/aromatic N) is 4. The van der Waals surface area contributed by atoms with Crippen molar-refractivity contribution in [2.24, 2.45) is 9.98 Å². The highest BCUT2D eigenvalue weighted by Gasteiger charge is 2.28. The lowest BCUT2D eigenvalue weighted by molar-refractivity contribution is 0.237. The third-order valence-corrected chi connectivity index (χ3v) is 2.68. The highest BCUT2D eigenvalue weighted by molar-refractivity contribution is 5.96. The van der Waals surface area contributed by atoms with Gasteiger partial charge in [-0.15, -0.1) is 0 Å². The molecule has 78 valence electrons. The molecule has 5 heteroatoms. The molecule has 0 aromatic heterocycles. The molecule has 14 heavy (non-hydrogen) atoms. The van der Waals surface area contributed by atoms with Crippen LogP contribution in [0.1, 0.15) is 13.3 Å². The molecule has 0 amide bonds. The first-order valence-corrected chi connectivity index (χ1v) is 5.04. The fourth-order valence-corrected chi connectivity index (χ4v) is 1.89. The van der Waals surface area contributed by atoms with Crippen LogP contribution in [0.4, 0.5) is 0 Å². The van der Waals surface area contributed by atoms with E-state index < -0.39 is 0 Å². The van der Waals surface area contributed by atoms with E-state index in [1.54, 1.807) is 0 Å². The summed E-state index contributed by atoms with van der Waals surface area (Å²) in [6.45, 7) is 4.25. The average molecular weight is 195 g/mol. The van der Waals surface area contributed by atoms with Crippen LogP contribution < -0.4 is 5.32 Å². The zero-order valence-corrected chi connectivity index (χ0v) is 8.99. The van der Waals surface area contributed by atoms with Gasteiger partial charge in [-0.1, -0.05) is 0 Å². The fraction of sp³-hybridized carbons (Fsp3) is 0.778. The van der Waals surface area contributed by atoms with Crippen LogP contribution >= 0.6 is 0 Å². The monoisotopic (exact) mass is 195 g/mol. The number of hydrogen-bond donors (Lipinski definition) is 1. The van der Waals surface area contributed by atoms with Crippen LogP contribution in [-0.2, 0) is 0 Å². The minimum atomic E-state index is 0.202. The Hall–Kier alpha value is -1.26. The van der Waals surface area contributed by atoms with Crippen molar-refractivity contribution in [2.45, 2.75) is 19.5 Å². The van der Waals surface area contributed by atoms with Crippen LogP contribution in [0, 0.1) is 0 Å². The van der Waals surface area contributed by atoms with E-state index >= 15 is 0 Å². The molecule has 2 aliphatic heterocycles. The van der Waals surface area contributed by atoms with Crippen molar-refractivity contribution in [3.63, 3.8) is 0 Å². The van der Waals surface area contributed by atoms with E-state index in [0.29, 0.717) is 0 Å². The molecule has 0 radical (unpaired) electrons. The van der Waals surface area contributed by atoms with Crippen LogP contribution in [0.15, 0.2) is 9.98 Å². The Balaban J connectivity index is 2.27. The second-order valence-corrected chi connectivity index (χ2v) is 3.71. The quantitative estimate of drug-likeness (QED) is 0.587. The molecule has 0 bridgehead atoms. The summed E-state index contributed by atoms with van der Waals surface area (Å²) in [4.78, 5) is 13.3. The first-order chi connectivity index (χ1) is 6.72. The molecule has 0 aromatic rings. The number of guanidine groups is 2. The smallest absolute Gasteiger partial charge is 0.223 e. The molecule has 0 spiro atoms.